The first kappa shape index (κ1) is 147. The van der Waals surface area contributed by atoms with Gasteiger partial charge in [0.15, 0.2) is 0 Å². The number of hydrogen-bond acceptors (Lipinski definition) is 21. The van der Waals surface area contributed by atoms with Crippen molar-refractivity contribution in [1.82, 2.24) is 20.9 Å². The van der Waals surface area contributed by atoms with E-state index in [4.69, 9.17) is 65.7 Å². The van der Waals surface area contributed by atoms with E-state index in [0.29, 0.717) is 74.5 Å². The van der Waals surface area contributed by atoms with E-state index in [1.54, 1.807) is 25.1 Å². The molecule has 0 spiro atoms. The first-order valence-electron chi connectivity index (χ1n) is 49.5. The number of unbranched alkanes of at least 4 members (excludes halogenated alkanes) is 2. The Bertz CT molecular complexity index is 4550. The van der Waals surface area contributed by atoms with Crippen LogP contribution in [0.5, 0.6) is 0 Å². The Labute approximate surface area is 954 Å². The maximum atomic E-state index is 11.8. The molecule has 4 aliphatic rings. The van der Waals surface area contributed by atoms with Gasteiger partial charge in [0.25, 0.3) is 0 Å². The zero-order valence-electron chi connectivity index (χ0n) is 90.8. The first-order valence-corrected chi connectivity index (χ1v) is 51.0. The third-order valence-electron chi connectivity index (χ3n) is 24.6. The number of nitrogens with zero attached hydrogens (tertiary/aromatic N) is 1. The summed E-state index contributed by atoms with van der Waals surface area (Å²) in [5.41, 5.74) is 9.84. The van der Waals surface area contributed by atoms with Gasteiger partial charge in [-0.05, 0) is 256 Å². The van der Waals surface area contributed by atoms with Crippen LogP contribution in [0, 0.1) is 31.1 Å². The molecule has 7 aromatic carbocycles. The van der Waals surface area contributed by atoms with Crippen molar-refractivity contribution in [3.63, 3.8) is 0 Å². The molecule has 0 heterocycles. The third kappa shape index (κ3) is 57.6. The van der Waals surface area contributed by atoms with Gasteiger partial charge >= 0.3 is 94.9 Å². The molecular formula is C115H169B2Cl4N4Na2O17Pd-. The Kier molecular flexibility index (Phi) is 86.5. The molecule has 21 nitrogen and oxygen atoms in total. The number of ether oxygens (including phenoxy) is 4. The third-order valence-corrected chi connectivity index (χ3v) is 25.6. The van der Waals surface area contributed by atoms with Gasteiger partial charge in [0, 0.05) is 154 Å². The summed E-state index contributed by atoms with van der Waals surface area (Å²) < 4.78 is 23.0. The van der Waals surface area contributed by atoms with E-state index in [1.165, 1.54) is 117 Å². The standard InChI is InChI=1S/C29H40ClNO2.C22H34ClNO2.C22H28ClN.C19H28ClNO2.C7H6O.C4H6O4.C4H6O3.C3H6.C2H3BO2.CH4O.CH4.CH3.B.2Na.Pd.H/c1-4-33-28(32)13-8-9-20-31(22-24-11-6-5-7-12-24)27(21-23(2)3)29(18-10-19-29)25-14-16-26(30)17-15-25;1-4-26-21(25)8-5-6-15-24-20(16-17(2)3)22(13-7-14-22)18-9-11-19(23)12-10-18;1-17(2)15-21(24-16-18-7-4-3-5-8-18)22(13-6-14-22)19-9-11-20(23)12-10-19;1-4-23-18(22)13-21-17(12-14(2)3)19(10-5-11-19)15-6-8-16(20)9-7-15;8-6-7-4-2-1-3-5-7;1-3(5)7-8-4(2)6;1-2-7-4(6)3-5;1-3-2;1-2(4)5-3;1-2;;;;;;;/h5-7,11-12,14-17,23,27H,4,8-10,13,18-22H2,1-3H3;9-12,17,20,24H,4-8,13-16H2,1-3H3;3-5,7-12,17,21,24H,6,13-16H2,1-2H3;6-9,14,17,21H,4-5,10-13H2,1-3H3;1-6H;1-2H3;3H,2H2,1H3;3H,1H2,2H3;1H3;2H,1H3;1H4;1H3;;;;;/q;;;;;;;;-1;;;-1;;2*+1;;-1. The van der Waals surface area contributed by atoms with E-state index in [2.05, 4.69) is 219 Å². The van der Waals surface area contributed by atoms with Crippen LogP contribution in [0.25, 0.3) is 0 Å². The molecule has 0 amide bonds. The smallest absolute Gasteiger partial charge is 1.00 e. The average Bonchev–Trinajstić information content (AvgIpc) is 0.712. The number of carbonyl (C=O) groups is 9. The number of esters is 4. The average molecular weight is 2200 g/mol. The van der Waals surface area contributed by atoms with Crippen LogP contribution in [0.15, 0.2) is 201 Å². The second-order valence-electron chi connectivity index (χ2n) is 36.8. The summed E-state index contributed by atoms with van der Waals surface area (Å²) >= 11 is 24.5. The number of rotatable bonds is 42. The quantitative estimate of drug-likeness (QED) is 0.00264. The Morgan fingerprint density at radius 3 is 1.03 bits per heavy atom. The Balaban J connectivity index is -0.000000400. The number of allylic oxidation sites excluding steroid dienone is 1. The van der Waals surface area contributed by atoms with Crippen molar-refractivity contribution in [2.45, 2.75) is 318 Å². The minimum absolute atomic E-state index is 0. The molecule has 4 atom stereocenters. The molecule has 4 fully saturated rings. The van der Waals surface area contributed by atoms with E-state index in [0.717, 1.165) is 130 Å². The summed E-state index contributed by atoms with van der Waals surface area (Å²) in [6.07, 6.45) is 27.0. The van der Waals surface area contributed by atoms with Crippen LogP contribution in [0.3, 0.4) is 0 Å². The summed E-state index contributed by atoms with van der Waals surface area (Å²) in [6, 6.07) is 66.1. The maximum Gasteiger partial charge on any atom is 1.00 e. The number of aldehydes is 2. The number of halogens is 4. The second kappa shape index (κ2) is 85.3. The van der Waals surface area contributed by atoms with Crippen molar-refractivity contribution in [3.8, 4) is 0 Å². The normalized spacial score (nSPS) is 14.0. The predicted octanol–water partition coefficient (Wildman–Crippen LogP) is 19.7. The fourth-order valence-electron chi connectivity index (χ4n) is 17.7. The summed E-state index contributed by atoms with van der Waals surface area (Å²) in [6.45, 7) is 40.0. The van der Waals surface area contributed by atoms with Crippen molar-refractivity contribution >= 4 is 117 Å². The molecule has 6 radical (unpaired) electrons. The molecule has 30 heteroatoms. The topological polar surface area (TPSA) is 278 Å². The summed E-state index contributed by atoms with van der Waals surface area (Å²) in [4.78, 5) is 104. The Hall–Kier alpha value is -6.34. The zero-order chi connectivity index (χ0) is 104. The van der Waals surface area contributed by atoms with E-state index in [-0.39, 0.29) is 169 Å². The van der Waals surface area contributed by atoms with Gasteiger partial charge in [-0.25, -0.2) is 24.2 Å². The minimum Gasteiger partial charge on any atom is -1.00 e. The molecule has 798 valence electrons. The van der Waals surface area contributed by atoms with Crippen molar-refractivity contribution in [3.05, 3.63) is 267 Å². The van der Waals surface area contributed by atoms with Crippen LogP contribution in [0.2, 0.25) is 20.1 Å². The van der Waals surface area contributed by atoms with Gasteiger partial charge in [-0.1, -0.05) is 281 Å². The van der Waals surface area contributed by atoms with Crippen LogP contribution >= 0.6 is 46.4 Å². The minimum atomic E-state index is -0.803. The molecule has 4 N–H and O–H groups in total. The van der Waals surface area contributed by atoms with E-state index >= 15 is 0 Å². The van der Waals surface area contributed by atoms with Gasteiger partial charge in [0.2, 0.25) is 12.3 Å². The van der Waals surface area contributed by atoms with Crippen LogP contribution < -0.4 is 75.1 Å². The zero-order valence-corrected chi connectivity index (χ0v) is 98.4. The molecule has 11 rings (SSSR count). The number of hydrogen-bond donors (Lipinski definition) is 4. The predicted molar refractivity (Wildman–Crippen MR) is 584 cm³/mol. The monoisotopic (exact) mass is 2190 g/mol. The largest absolute Gasteiger partial charge is 1.00 e. The van der Waals surface area contributed by atoms with Crippen LogP contribution in [-0.4, -0.2) is 158 Å². The molecule has 0 aliphatic heterocycles. The molecule has 145 heavy (non-hydrogen) atoms. The van der Waals surface area contributed by atoms with Crippen LogP contribution in [-0.2, 0) is 127 Å². The van der Waals surface area contributed by atoms with Crippen molar-refractivity contribution in [2.75, 3.05) is 53.2 Å². The molecule has 4 aliphatic carbocycles. The molecule has 4 saturated carbocycles. The summed E-state index contributed by atoms with van der Waals surface area (Å²) in [5.74, 6) is -0.373. The van der Waals surface area contributed by atoms with E-state index in [1.807, 2.05) is 94.4 Å². The number of carbonyl (C=O) groups excluding carboxylic acids is 9. The second-order valence-corrected chi connectivity index (χ2v) is 38.6. The van der Waals surface area contributed by atoms with E-state index in [9.17, 15) is 43.2 Å². The fraction of sp³-hybridized carbons (Fsp3) is 0.530. The first-order chi connectivity index (χ1) is 66.5. The number of nitrogens with one attached hydrogen (secondary N) is 3. The van der Waals surface area contributed by atoms with Crippen LogP contribution in [0.1, 0.15) is 305 Å². The van der Waals surface area contributed by atoms with Crippen LogP contribution in [0.4, 0.5) is 0 Å². The van der Waals surface area contributed by atoms with Gasteiger partial charge < -0.3 is 61.6 Å². The van der Waals surface area contributed by atoms with Crippen molar-refractivity contribution < 1.29 is 163 Å². The molecule has 0 saturated heterocycles. The Morgan fingerprint density at radius 1 is 0.448 bits per heavy atom. The van der Waals surface area contributed by atoms with Gasteiger partial charge in [0.05, 0.1) is 33.0 Å². The number of aliphatic hydroxyl groups is 1. The maximum absolute atomic E-state index is 11.8. The fourth-order valence-corrected chi connectivity index (χ4v) is 18.3. The SMILES string of the molecule is C.C=CC.CC(=O)OOC(C)=O.CC(C)CC(NCc1ccccc1)C1(c2ccc(Cl)cc2)CCC1.CCOC(=O)C=O.CCOC(=O)CCCCN(Cc1ccccc1)C(CC(C)C)C1(c2ccc(Cl)cc2)CCC1.CCOC(=O)CCCCNC(CC(C)C)C1(c2ccc(Cl)cc2)CCC1.CCOC(=O)CNC(CC(C)C)C1(c2ccc(Cl)cc2)CCC1.CO.O=Cc1ccccc1.[B-]OC(C)=O.[B].[CH3-].[H-].[Na+].[Na+].[Pd]. The summed E-state index contributed by atoms with van der Waals surface area (Å²) in [5, 5.41) is 21.4. The van der Waals surface area contributed by atoms with Gasteiger partial charge in [0.1, 0.15) is 6.29 Å². The molecular weight excluding hydrogens is 2030 g/mol. The molecule has 7 aromatic rings. The van der Waals surface area contributed by atoms with Crippen molar-refractivity contribution in [2.24, 2.45) is 23.7 Å². The molecule has 0 bridgehead atoms. The Morgan fingerprint density at radius 2 is 0.752 bits per heavy atom. The van der Waals surface area contributed by atoms with Crippen molar-refractivity contribution in [1.29, 1.82) is 0 Å². The molecule has 0 aromatic heterocycles. The summed E-state index contributed by atoms with van der Waals surface area (Å²) in [7, 11) is 5.32. The van der Waals surface area contributed by atoms with E-state index < -0.39 is 23.9 Å². The van der Waals surface area contributed by atoms with Gasteiger partial charge in [-0.15, -0.1) is 6.58 Å². The molecule has 4 unspecified atom stereocenters. The van der Waals surface area contributed by atoms with Gasteiger partial charge in [-0.3, -0.25) is 33.7 Å². The number of aliphatic hydroxyl groups excluding tert-OH is 1. The number of benzene rings is 7. The van der Waals surface area contributed by atoms with Gasteiger partial charge in [-0.2, -0.15) is 0 Å².